The van der Waals surface area contributed by atoms with E-state index in [1.54, 1.807) is 12.1 Å². The third-order valence-corrected chi connectivity index (χ3v) is 4.64. The maximum absolute atomic E-state index is 11.9. The molecule has 0 bridgehead atoms. The van der Waals surface area contributed by atoms with Gasteiger partial charge in [-0.2, -0.15) is 0 Å². The topological polar surface area (TPSA) is 57.6 Å². The van der Waals surface area contributed by atoms with Crippen LogP contribution in [0.3, 0.4) is 0 Å². The highest BCUT2D eigenvalue weighted by Crippen LogP contribution is 2.24. The van der Waals surface area contributed by atoms with Crippen LogP contribution in [0, 0.1) is 0 Å². The van der Waals surface area contributed by atoms with E-state index in [1.807, 2.05) is 6.07 Å². The first-order valence-electron chi connectivity index (χ1n) is 5.12. The van der Waals surface area contributed by atoms with Gasteiger partial charge in [-0.25, -0.2) is 4.79 Å². The Morgan fingerprint density at radius 2 is 2.28 bits per heavy atom. The average molecular weight is 304 g/mol. The van der Waals surface area contributed by atoms with Crippen LogP contribution in [0.2, 0.25) is 4.34 Å². The fourth-order valence-corrected chi connectivity index (χ4v) is 3.65. The summed E-state index contributed by atoms with van der Waals surface area (Å²) in [4.78, 5) is 25.0. The van der Waals surface area contributed by atoms with Crippen LogP contribution in [0.5, 0.6) is 0 Å². The Hall–Kier alpha value is -0.980. The van der Waals surface area contributed by atoms with Crippen molar-refractivity contribution < 1.29 is 14.7 Å². The molecule has 1 saturated heterocycles. The van der Waals surface area contributed by atoms with Gasteiger partial charge in [-0.3, -0.25) is 4.79 Å². The van der Waals surface area contributed by atoms with E-state index in [0.29, 0.717) is 16.0 Å². The summed E-state index contributed by atoms with van der Waals surface area (Å²) < 4.78 is 0.655. The molecule has 1 aromatic heterocycles. The molecule has 1 fully saturated rings. The summed E-state index contributed by atoms with van der Waals surface area (Å²) in [5.41, 5.74) is 0. The lowest BCUT2D eigenvalue weighted by Gasteiger charge is -2.18. The van der Waals surface area contributed by atoms with Crippen molar-refractivity contribution >= 4 is 52.7 Å². The molecule has 96 valence electrons. The van der Waals surface area contributed by atoms with Gasteiger partial charge in [0.15, 0.2) is 0 Å². The minimum atomic E-state index is -0.957. The summed E-state index contributed by atoms with van der Waals surface area (Å²) in [5.74, 6) is -0.372. The number of hydrogen-bond acceptors (Lipinski definition) is 4. The Morgan fingerprint density at radius 1 is 1.50 bits per heavy atom. The van der Waals surface area contributed by atoms with E-state index in [1.165, 1.54) is 34.1 Å². The predicted molar refractivity (Wildman–Crippen MR) is 74.0 cm³/mol. The summed E-state index contributed by atoms with van der Waals surface area (Å²) in [7, 11) is 0. The molecule has 4 nitrogen and oxygen atoms in total. The van der Waals surface area contributed by atoms with E-state index < -0.39 is 12.0 Å². The number of carboxylic acids is 1. The van der Waals surface area contributed by atoms with Crippen molar-refractivity contribution in [1.82, 2.24) is 4.90 Å². The van der Waals surface area contributed by atoms with Crippen molar-refractivity contribution in [2.24, 2.45) is 0 Å². The molecule has 0 unspecified atom stereocenters. The second-order valence-electron chi connectivity index (χ2n) is 3.64. The number of carboxylic acid groups (broad SMARTS) is 1. The first-order chi connectivity index (χ1) is 8.58. The van der Waals surface area contributed by atoms with Crippen LogP contribution < -0.4 is 0 Å². The zero-order chi connectivity index (χ0) is 13.1. The molecule has 1 N–H and O–H groups in total. The van der Waals surface area contributed by atoms with Gasteiger partial charge in [0.1, 0.15) is 6.04 Å². The molecule has 7 heteroatoms. The smallest absolute Gasteiger partial charge is 0.327 e. The molecular formula is C11H10ClNO3S2. The van der Waals surface area contributed by atoms with Crippen LogP contribution in [0.4, 0.5) is 0 Å². The van der Waals surface area contributed by atoms with Crippen LogP contribution >= 0.6 is 34.7 Å². The van der Waals surface area contributed by atoms with Crippen LogP contribution in [-0.4, -0.2) is 39.6 Å². The highest BCUT2D eigenvalue weighted by molar-refractivity contribution is 7.99. The number of amides is 1. The Morgan fingerprint density at radius 3 is 2.89 bits per heavy atom. The van der Waals surface area contributed by atoms with Gasteiger partial charge in [-0.05, 0) is 18.2 Å². The van der Waals surface area contributed by atoms with Crippen LogP contribution in [0.1, 0.15) is 4.88 Å². The van der Waals surface area contributed by atoms with Crippen molar-refractivity contribution in [3.63, 3.8) is 0 Å². The normalized spacial score (nSPS) is 19.6. The summed E-state index contributed by atoms with van der Waals surface area (Å²) in [6, 6.07) is 2.84. The summed E-state index contributed by atoms with van der Waals surface area (Å²) in [6.07, 6.45) is 3.05. The summed E-state index contributed by atoms with van der Waals surface area (Å²) in [6.45, 7) is 0. The molecule has 0 spiro atoms. The van der Waals surface area contributed by atoms with Gasteiger partial charge in [0.25, 0.3) is 0 Å². The summed E-state index contributed by atoms with van der Waals surface area (Å²) >= 11 is 8.59. The van der Waals surface area contributed by atoms with Crippen molar-refractivity contribution in [2.45, 2.75) is 6.04 Å². The van der Waals surface area contributed by atoms with Gasteiger partial charge in [-0.15, -0.1) is 23.1 Å². The SMILES string of the molecule is O=C(O)[C@@H]1CSCN1C(=O)/C=C/c1ccc(Cl)s1. The second-order valence-corrected chi connectivity index (χ2v) is 6.38. The molecule has 1 atom stereocenters. The largest absolute Gasteiger partial charge is 0.480 e. The number of hydrogen-bond donors (Lipinski definition) is 1. The fraction of sp³-hybridized carbons (Fsp3) is 0.273. The lowest BCUT2D eigenvalue weighted by atomic mass is 10.3. The van der Waals surface area contributed by atoms with Gasteiger partial charge in [0.05, 0.1) is 10.2 Å². The molecule has 1 aliphatic rings. The number of carbonyl (C=O) groups is 2. The molecule has 0 aliphatic carbocycles. The van der Waals surface area contributed by atoms with E-state index in [4.69, 9.17) is 16.7 Å². The quantitative estimate of drug-likeness (QED) is 0.871. The number of thioether (sulfide) groups is 1. The first kappa shape index (κ1) is 13.5. The van der Waals surface area contributed by atoms with E-state index >= 15 is 0 Å². The Bertz CT molecular complexity index is 500. The third kappa shape index (κ3) is 3.07. The molecule has 1 aliphatic heterocycles. The minimum Gasteiger partial charge on any atom is -0.480 e. The zero-order valence-electron chi connectivity index (χ0n) is 9.21. The van der Waals surface area contributed by atoms with E-state index in [9.17, 15) is 9.59 Å². The molecular weight excluding hydrogens is 294 g/mol. The molecule has 2 rings (SSSR count). The lowest BCUT2D eigenvalue weighted by molar-refractivity contribution is -0.146. The lowest BCUT2D eigenvalue weighted by Crippen LogP contribution is -2.40. The van der Waals surface area contributed by atoms with Crippen molar-refractivity contribution in [2.75, 3.05) is 11.6 Å². The second kappa shape index (κ2) is 5.77. The zero-order valence-corrected chi connectivity index (χ0v) is 11.6. The van der Waals surface area contributed by atoms with Gasteiger partial charge in [0.2, 0.25) is 5.91 Å². The number of carbonyl (C=O) groups excluding carboxylic acids is 1. The minimum absolute atomic E-state index is 0.281. The van der Waals surface area contributed by atoms with E-state index in [0.717, 1.165) is 4.88 Å². The Labute approximate surface area is 117 Å². The number of nitrogens with zero attached hydrogens (tertiary/aromatic N) is 1. The van der Waals surface area contributed by atoms with Crippen molar-refractivity contribution in [1.29, 1.82) is 0 Å². The molecule has 0 radical (unpaired) electrons. The monoisotopic (exact) mass is 303 g/mol. The van der Waals surface area contributed by atoms with Crippen molar-refractivity contribution in [3.05, 3.63) is 27.4 Å². The molecule has 18 heavy (non-hydrogen) atoms. The number of rotatable bonds is 3. The maximum atomic E-state index is 11.9. The Kier molecular flexibility index (Phi) is 4.31. The average Bonchev–Trinajstić information content (AvgIpc) is 2.94. The van der Waals surface area contributed by atoms with Crippen LogP contribution in [-0.2, 0) is 9.59 Å². The van der Waals surface area contributed by atoms with Crippen LogP contribution in [0.15, 0.2) is 18.2 Å². The highest BCUT2D eigenvalue weighted by atomic mass is 35.5. The third-order valence-electron chi connectivity index (χ3n) is 2.43. The van der Waals surface area contributed by atoms with Crippen LogP contribution in [0.25, 0.3) is 6.08 Å². The number of halogens is 1. The van der Waals surface area contributed by atoms with E-state index in [-0.39, 0.29) is 5.91 Å². The molecule has 1 aromatic rings. The Balaban J connectivity index is 2.03. The van der Waals surface area contributed by atoms with Gasteiger partial charge < -0.3 is 10.0 Å². The van der Waals surface area contributed by atoms with Gasteiger partial charge in [-0.1, -0.05) is 11.6 Å². The predicted octanol–water partition coefficient (Wildman–Crippen LogP) is 2.40. The van der Waals surface area contributed by atoms with Crippen molar-refractivity contribution in [3.8, 4) is 0 Å². The highest BCUT2D eigenvalue weighted by Gasteiger charge is 2.33. The molecule has 0 aromatic carbocycles. The van der Waals surface area contributed by atoms with Gasteiger partial charge >= 0.3 is 5.97 Å². The number of thiophene rings is 1. The molecule has 2 heterocycles. The fourth-order valence-electron chi connectivity index (χ4n) is 1.53. The van der Waals surface area contributed by atoms with E-state index in [2.05, 4.69) is 0 Å². The van der Waals surface area contributed by atoms with Gasteiger partial charge in [0, 0.05) is 16.7 Å². The standard InChI is InChI=1S/C11H10ClNO3S2/c12-9-3-1-7(18-9)2-4-10(14)13-6-17-5-8(13)11(15)16/h1-4,8H,5-6H2,(H,15,16)/b4-2+/t8-/m0/s1. The summed E-state index contributed by atoms with van der Waals surface area (Å²) in [5, 5.41) is 8.97. The molecule has 1 amide bonds. The maximum Gasteiger partial charge on any atom is 0.327 e. The first-order valence-corrected chi connectivity index (χ1v) is 7.47. The number of aliphatic carboxylic acids is 1. The molecule has 0 saturated carbocycles.